The number of likely N-dealkylation sites (N-methyl/N-ethyl adjacent to an activating group) is 1. The van der Waals surface area contributed by atoms with Crippen molar-refractivity contribution in [3.63, 3.8) is 0 Å². The van der Waals surface area contributed by atoms with Gasteiger partial charge >= 0.3 is 0 Å². The van der Waals surface area contributed by atoms with Crippen LogP contribution in [0.4, 0.5) is 5.82 Å². The first-order valence-corrected chi connectivity index (χ1v) is 7.81. The summed E-state index contributed by atoms with van der Waals surface area (Å²) in [6.45, 7) is 11.4. The van der Waals surface area contributed by atoms with Gasteiger partial charge in [-0.15, -0.1) is 0 Å². The summed E-state index contributed by atoms with van der Waals surface area (Å²) in [6.07, 6.45) is 2.08. The highest BCUT2D eigenvalue weighted by Crippen LogP contribution is 2.21. The van der Waals surface area contributed by atoms with E-state index in [0.29, 0.717) is 0 Å². The van der Waals surface area contributed by atoms with Crippen LogP contribution in [-0.4, -0.2) is 42.2 Å². The summed E-state index contributed by atoms with van der Waals surface area (Å²) in [5.74, 6) is 1.06. The third kappa shape index (κ3) is 3.74. The van der Waals surface area contributed by atoms with Gasteiger partial charge in [0.1, 0.15) is 5.65 Å². The highest BCUT2D eigenvalue weighted by Gasteiger charge is 2.16. The second kappa shape index (κ2) is 8.00. The Labute approximate surface area is 126 Å². The molecule has 116 valence electrons. The predicted molar refractivity (Wildman–Crippen MR) is 87.0 cm³/mol. The molecule has 0 amide bonds. The van der Waals surface area contributed by atoms with Crippen LogP contribution in [0.15, 0.2) is 24.4 Å². The van der Waals surface area contributed by atoms with Crippen LogP contribution in [-0.2, 0) is 11.3 Å². The van der Waals surface area contributed by atoms with E-state index in [1.165, 1.54) is 5.69 Å². The van der Waals surface area contributed by atoms with Crippen LogP contribution < -0.4 is 10.2 Å². The zero-order chi connectivity index (χ0) is 15.1. The SMILES string of the molecule is CCNCc1c(N(CC)CCOCC)nc2ccccn12. The molecule has 0 bridgehead atoms. The molecule has 0 aliphatic rings. The zero-order valence-electron chi connectivity index (χ0n) is 13.3. The topological polar surface area (TPSA) is 41.8 Å². The normalized spacial score (nSPS) is 11.2. The molecule has 0 saturated heterocycles. The summed E-state index contributed by atoms with van der Waals surface area (Å²) in [4.78, 5) is 7.10. The second-order valence-electron chi connectivity index (χ2n) is 4.87. The van der Waals surface area contributed by atoms with Crippen LogP contribution in [0.2, 0.25) is 0 Å². The van der Waals surface area contributed by atoms with E-state index < -0.39 is 0 Å². The lowest BCUT2D eigenvalue weighted by atomic mass is 10.3. The van der Waals surface area contributed by atoms with Gasteiger partial charge in [-0.2, -0.15) is 0 Å². The number of rotatable bonds is 9. The van der Waals surface area contributed by atoms with Crippen LogP contribution in [0, 0.1) is 0 Å². The van der Waals surface area contributed by atoms with E-state index in [1.54, 1.807) is 0 Å². The number of hydrogen-bond acceptors (Lipinski definition) is 4. The third-order valence-electron chi connectivity index (χ3n) is 3.54. The Bertz CT molecular complexity index is 552. The third-order valence-corrected chi connectivity index (χ3v) is 3.54. The first-order valence-electron chi connectivity index (χ1n) is 7.81. The van der Waals surface area contributed by atoms with Crippen molar-refractivity contribution >= 4 is 11.5 Å². The summed E-state index contributed by atoms with van der Waals surface area (Å²) in [7, 11) is 0. The number of pyridine rings is 1. The molecule has 2 rings (SSSR count). The lowest BCUT2D eigenvalue weighted by Crippen LogP contribution is -2.29. The number of ether oxygens (including phenoxy) is 1. The van der Waals surface area contributed by atoms with E-state index in [9.17, 15) is 0 Å². The lowest BCUT2D eigenvalue weighted by Gasteiger charge is -2.22. The first-order chi connectivity index (χ1) is 10.3. The van der Waals surface area contributed by atoms with Crippen molar-refractivity contribution in [2.75, 3.05) is 37.7 Å². The highest BCUT2D eigenvalue weighted by atomic mass is 16.5. The summed E-state index contributed by atoms with van der Waals surface area (Å²) < 4.78 is 7.66. The Morgan fingerprint density at radius 1 is 1.29 bits per heavy atom. The Morgan fingerprint density at radius 3 is 2.86 bits per heavy atom. The molecule has 0 saturated carbocycles. The number of aromatic nitrogens is 2. The van der Waals surface area contributed by atoms with Crippen LogP contribution in [0.5, 0.6) is 0 Å². The molecule has 0 aliphatic carbocycles. The molecular formula is C16H26N4O. The second-order valence-corrected chi connectivity index (χ2v) is 4.87. The highest BCUT2D eigenvalue weighted by molar-refractivity contribution is 5.56. The molecule has 5 heteroatoms. The van der Waals surface area contributed by atoms with E-state index in [-0.39, 0.29) is 0 Å². The number of fused-ring (bicyclic) bond motifs is 1. The Morgan fingerprint density at radius 2 is 2.14 bits per heavy atom. The minimum atomic E-state index is 0.735. The minimum Gasteiger partial charge on any atom is -0.380 e. The molecule has 0 aliphatic heterocycles. The molecule has 0 atom stereocenters. The molecule has 21 heavy (non-hydrogen) atoms. The van der Waals surface area contributed by atoms with E-state index in [0.717, 1.165) is 50.9 Å². The Kier molecular flexibility index (Phi) is 6.02. The van der Waals surface area contributed by atoms with Crippen molar-refractivity contribution in [3.8, 4) is 0 Å². The Hall–Kier alpha value is -1.59. The van der Waals surface area contributed by atoms with Gasteiger partial charge in [0.05, 0.1) is 12.3 Å². The fourth-order valence-electron chi connectivity index (χ4n) is 2.43. The molecular weight excluding hydrogens is 264 g/mol. The van der Waals surface area contributed by atoms with Crippen molar-refractivity contribution in [2.45, 2.75) is 27.3 Å². The fourth-order valence-corrected chi connectivity index (χ4v) is 2.43. The van der Waals surface area contributed by atoms with E-state index in [1.807, 2.05) is 19.1 Å². The van der Waals surface area contributed by atoms with Gasteiger partial charge in [-0.3, -0.25) is 0 Å². The maximum atomic E-state index is 5.49. The van der Waals surface area contributed by atoms with Crippen molar-refractivity contribution in [2.24, 2.45) is 0 Å². The monoisotopic (exact) mass is 290 g/mol. The van der Waals surface area contributed by atoms with Crippen molar-refractivity contribution in [1.29, 1.82) is 0 Å². The standard InChI is InChI=1S/C16H26N4O/c1-4-17-13-14-16(19(5-2)11-12-21-6-3)18-15-9-7-8-10-20(14)15/h7-10,17H,4-6,11-13H2,1-3H3. The molecule has 2 heterocycles. The minimum absolute atomic E-state index is 0.735. The van der Waals surface area contributed by atoms with Gasteiger partial charge in [0.15, 0.2) is 5.82 Å². The largest absolute Gasteiger partial charge is 0.380 e. The molecule has 2 aromatic heterocycles. The number of nitrogens with zero attached hydrogens (tertiary/aromatic N) is 3. The van der Waals surface area contributed by atoms with E-state index in [2.05, 4.69) is 40.7 Å². The molecule has 5 nitrogen and oxygen atoms in total. The molecule has 0 radical (unpaired) electrons. The maximum absolute atomic E-state index is 5.49. The average molecular weight is 290 g/mol. The first kappa shape index (κ1) is 15.8. The van der Waals surface area contributed by atoms with Crippen molar-refractivity contribution in [3.05, 3.63) is 30.1 Å². The van der Waals surface area contributed by atoms with Crippen molar-refractivity contribution in [1.82, 2.24) is 14.7 Å². The van der Waals surface area contributed by atoms with Gasteiger partial charge in [0, 0.05) is 32.4 Å². The molecule has 0 spiro atoms. The van der Waals surface area contributed by atoms with Gasteiger partial charge in [-0.05, 0) is 32.5 Å². The van der Waals surface area contributed by atoms with Crippen LogP contribution in [0.1, 0.15) is 26.5 Å². The van der Waals surface area contributed by atoms with Gasteiger partial charge in [0.25, 0.3) is 0 Å². The Balaban J connectivity index is 2.30. The predicted octanol–water partition coefficient (Wildman–Crippen LogP) is 2.31. The lowest BCUT2D eigenvalue weighted by molar-refractivity contribution is 0.154. The average Bonchev–Trinajstić information content (AvgIpc) is 2.88. The van der Waals surface area contributed by atoms with E-state index >= 15 is 0 Å². The summed E-state index contributed by atoms with van der Waals surface area (Å²) in [5.41, 5.74) is 2.21. The smallest absolute Gasteiger partial charge is 0.152 e. The molecule has 0 aromatic carbocycles. The molecule has 0 unspecified atom stereocenters. The maximum Gasteiger partial charge on any atom is 0.152 e. The van der Waals surface area contributed by atoms with Crippen LogP contribution in [0.25, 0.3) is 5.65 Å². The van der Waals surface area contributed by atoms with Crippen LogP contribution >= 0.6 is 0 Å². The van der Waals surface area contributed by atoms with Crippen molar-refractivity contribution < 1.29 is 4.74 Å². The quantitative estimate of drug-likeness (QED) is 0.720. The molecule has 0 fully saturated rings. The summed E-state index contributed by atoms with van der Waals surface area (Å²) >= 11 is 0. The van der Waals surface area contributed by atoms with Gasteiger partial charge in [0.2, 0.25) is 0 Å². The van der Waals surface area contributed by atoms with Gasteiger partial charge in [-0.1, -0.05) is 13.0 Å². The number of nitrogens with one attached hydrogen (secondary N) is 1. The fraction of sp³-hybridized carbons (Fsp3) is 0.562. The number of hydrogen-bond donors (Lipinski definition) is 1. The van der Waals surface area contributed by atoms with E-state index in [4.69, 9.17) is 9.72 Å². The molecule has 1 N–H and O–H groups in total. The summed E-state index contributed by atoms with van der Waals surface area (Å²) in [5, 5.41) is 3.41. The number of anilines is 1. The number of imidazole rings is 1. The summed E-state index contributed by atoms with van der Waals surface area (Å²) in [6, 6.07) is 6.12. The van der Waals surface area contributed by atoms with Crippen LogP contribution in [0.3, 0.4) is 0 Å². The van der Waals surface area contributed by atoms with Gasteiger partial charge < -0.3 is 19.4 Å². The zero-order valence-corrected chi connectivity index (χ0v) is 13.3. The van der Waals surface area contributed by atoms with Gasteiger partial charge in [-0.25, -0.2) is 4.98 Å². The molecule has 2 aromatic rings.